The molecule has 2 rings (SSSR count). The molecule has 1 atom stereocenters. The zero-order valence-corrected chi connectivity index (χ0v) is 11.2. The molecule has 2 aromatic carbocycles. The van der Waals surface area contributed by atoms with Gasteiger partial charge in [-0.3, -0.25) is 9.59 Å². The maximum atomic E-state index is 12.9. The molecule has 1 unspecified atom stereocenters. The van der Waals surface area contributed by atoms with E-state index in [1.54, 1.807) is 24.3 Å². The highest BCUT2D eigenvalue weighted by Crippen LogP contribution is 2.18. The maximum Gasteiger partial charge on any atom is 0.311 e. The van der Waals surface area contributed by atoms with Crippen molar-refractivity contribution in [2.75, 3.05) is 0 Å². The zero-order valence-electron chi connectivity index (χ0n) is 11.2. The lowest BCUT2D eigenvalue weighted by Gasteiger charge is -2.15. The summed E-state index contributed by atoms with van der Waals surface area (Å²) in [5.41, 5.74) is 6.35. The first kappa shape index (κ1) is 14.7. The van der Waals surface area contributed by atoms with Gasteiger partial charge in [-0.2, -0.15) is 0 Å². The minimum absolute atomic E-state index is 0.0335. The Balaban J connectivity index is 2.08. The zero-order chi connectivity index (χ0) is 15.2. The van der Waals surface area contributed by atoms with Gasteiger partial charge < -0.3 is 10.5 Å². The van der Waals surface area contributed by atoms with Crippen molar-refractivity contribution in [2.45, 2.75) is 12.5 Å². The van der Waals surface area contributed by atoms with Gasteiger partial charge in [0.15, 0.2) is 0 Å². The van der Waals surface area contributed by atoms with Crippen LogP contribution in [0, 0.1) is 5.82 Å². The quantitative estimate of drug-likeness (QED) is 0.856. The summed E-state index contributed by atoms with van der Waals surface area (Å²) < 4.78 is 18.0. The number of carbonyl (C=O) groups is 2. The molecule has 2 N–H and O–H groups in total. The van der Waals surface area contributed by atoms with E-state index in [9.17, 15) is 14.0 Å². The fourth-order valence-electron chi connectivity index (χ4n) is 1.86. The van der Waals surface area contributed by atoms with E-state index in [4.69, 9.17) is 10.5 Å². The molecule has 108 valence electrons. The molecule has 5 heteroatoms. The van der Waals surface area contributed by atoms with E-state index in [-0.39, 0.29) is 6.42 Å². The van der Waals surface area contributed by atoms with Crippen LogP contribution in [-0.2, 0) is 20.7 Å². The minimum atomic E-state index is -1.22. The molecule has 21 heavy (non-hydrogen) atoms. The van der Waals surface area contributed by atoms with Gasteiger partial charge in [-0.15, -0.1) is 0 Å². The first-order valence-electron chi connectivity index (χ1n) is 6.34. The second-order valence-corrected chi connectivity index (χ2v) is 4.49. The Morgan fingerprint density at radius 3 is 2.24 bits per heavy atom. The van der Waals surface area contributed by atoms with Crippen LogP contribution in [0.2, 0.25) is 0 Å². The average Bonchev–Trinajstić information content (AvgIpc) is 2.47. The summed E-state index contributed by atoms with van der Waals surface area (Å²) in [6.45, 7) is 0. The smallest absolute Gasteiger partial charge is 0.311 e. The van der Waals surface area contributed by atoms with Gasteiger partial charge in [-0.05, 0) is 17.7 Å². The van der Waals surface area contributed by atoms with Crippen LogP contribution in [0.1, 0.15) is 17.2 Å². The fourth-order valence-corrected chi connectivity index (χ4v) is 1.86. The molecule has 0 aliphatic carbocycles. The Labute approximate surface area is 121 Å². The predicted molar refractivity (Wildman–Crippen MR) is 74.6 cm³/mol. The van der Waals surface area contributed by atoms with Crippen molar-refractivity contribution >= 4 is 11.9 Å². The molecule has 0 heterocycles. The van der Waals surface area contributed by atoms with Crippen molar-refractivity contribution in [3.05, 3.63) is 71.5 Å². The average molecular weight is 287 g/mol. The van der Waals surface area contributed by atoms with E-state index in [1.807, 2.05) is 6.07 Å². The number of ether oxygens (including phenoxy) is 1. The van der Waals surface area contributed by atoms with E-state index < -0.39 is 23.8 Å². The molecule has 0 aromatic heterocycles. The molecule has 1 amide bonds. The lowest BCUT2D eigenvalue weighted by molar-refractivity contribution is -0.154. The lowest BCUT2D eigenvalue weighted by atomic mass is 10.1. The number of carbonyl (C=O) groups excluding carboxylic acids is 2. The van der Waals surface area contributed by atoms with E-state index in [1.165, 1.54) is 24.3 Å². The summed E-state index contributed by atoms with van der Waals surface area (Å²) in [6.07, 6.45) is -1.19. The first-order valence-corrected chi connectivity index (χ1v) is 6.34. The summed E-state index contributed by atoms with van der Waals surface area (Å²) >= 11 is 0. The normalized spacial score (nSPS) is 11.7. The number of hydrogen-bond acceptors (Lipinski definition) is 3. The first-order chi connectivity index (χ1) is 10.1. The summed E-state index contributed by atoms with van der Waals surface area (Å²) in [5.74, 6) is -1.82. The van der Waals surface area contributed by atoms with Gasteiger partial charge in [0.05, 0.1) is 6.42 Å². The predicted octanol–water partition coefficient (Wildman–Crippen LogP) is 2.14. The van der Waals surface area contributed by atoms with Crippen LogP contribution in [0.3, 0.4) is 0 Å². The molecule has 0 bridgehead atoms. The Kier molecular flexibility index (Phi) is 4.66. The van der Waals surface area contributed by atoms with Crippen molar-refractivity contribution in [3.63, 3.8) is 0 Å². The highest BCUT2D eigenvalue weighted by Gasteiger charge is 2.22. The summed E-state index contributed by atoms with van der Waals surface area (Å²) in [7, 11) is 0. The molecule has 2 aromatic rings. The second-order valence-electron chi connectivity index (χ2n) is 4.49. The third-order valence-electron chi connectivity index (χ3n) is 2.87. The molecular weight excluding hydrogens is 273 g/mol. The third-order valence-corrected chi connectivity index (χ3v) is 2.87. The van der Waals surface area contributed by atoms with Gasteiger partial charge in [-0.1, -0.05) is 42.5 Å². The molecule has 0 saturated heterocycles. The van der Waals surface area contributed by atoms with Gasteiger partial charge in [0.2, 0.25) is 6.10 Å². The van der Waals surface area contributed by atoms with Crippen LogP contribution in [0.5, 0.6) is 0 Å². The van der Waals surface area contributed by atoms with Gasteiger partial charge in [0.25, 0.3) is 5.91 Å². The van der Waals surface area contributed by atoms with Crippen LogP contribution >= 0.6 is 0 Å². The van der Waals surface area contributed by atoms with E-state index >= 15 is 0 Å². The maximum absolute atomic E-state index is 12.9. The fraction of sp³-hybridized carbons (Fsp3) is 0.125. The number of amides is 1. The van der Waals surface area contributed by atoms with Crippen molar-refractivity contribution in [1.29, 1.82) is 0 Å². The van der Waals surface area contributed by atoms with Gasteiger partial charge in [0, 0.05) is 5.56 Å². The molecule has 0 aliphatic rings. The Morgan fingerprint density at radius 2 is 1.67 bits per heavy atom. The number of nitrogens with two attached hydrogens (primary N) is 1. The van der Waals surface area contributed by atoms with Crippen LogP contribution in [0.25, 0.3) is 0 Å². The SMILES string of the molecule is NC(=O)C(OC(=O)Cc1ccccc1)c1ccc(F)cc1. The standard InChI is InChI=1S/C16H14FNO3/c17-13-8-6-12(7-9-13)15(16(18)20)21-14(19)10-11-4-2-1-3-5-11/h1-9,15H,10H2,(H2,18,20). The highest BCUT2D eigenvalue weighted by molar-refractivity contribution is 5.84. The van der Waals surface area contributed by atoms with Crippen molar-refractivity contribution < 1.29 is 18.7 Å². The van der Waals surface area contributed by atoms with Crippen molar-refractivity contribution in [1.82, 2.24) is 0 Å². The molecule has 0 fully saturated rings. The minimum Gasteiger partial charge on any atom is -0.447 e. The molecular formula is C16H14FNO3. The summed E-state index contributed by atoms with van der Waals surface area (Å²) in [6, 6.07) is 14.1. The lowest BCUT2D eigenvalue weighted by Crippen LogP contribution is -2.26. The summed E-state index contributed by atoms with van der Waals surface area (Å²) in [5, 5.41) is 0. The number of rotatable bonds is 5. The Hall–Kier alpha value is -2.69. The van der Waals surface area contributed by atoms with Crippen LogP contribution in [-0.4, -0.2) is 11.9 Å². The van der Waals surface area contributed by atoms with Gasteiger partial charge in [0.1, 0.15) is 5.82 Å². The Bertz CT molecular complexity index is 626. The molecule has 4 nitrogen and oxygen atoms in total. The van der Waals surface area contributed by atoms with Crippen LogP contribution in [0.4, 0.5) is 4.39 Å². The van der Waals surface area contributed by atoms with Crippen molar-refractivity contribution in [2.24, 2.45) is 5.73 Å². The van der Waals surface area contributed by atoms with E-state index in [0.29, 0.717) is 5.56 Å². The number of benzene rings is 2. The summed E-state index contributed by atoms with van der Waals surface area (Å²) in [4.78, 5) is 23.3. The van der Waals surface area contributed by atoms with Gasteiger partial charge in [-0.25, -0.2) is 4.39 Å². The Morgan fingerprint density at radius 1 is 1.05 bits per heavy atom. The number of halogens is 1. The molecule has 0 spiro atoms. The molecule has 0 radical (unpaired) electrons. The number of esters is 1. The van der Waals surface area contributed by atoms with Crippen molar-refractivity contribution in [3.8, 4) is 0 Å². The third kappa shape index (κ3) is 4.14. The largest absolute Gasteiger partial charge is 0.447 e. The van der Waals surface area contributed by atoms with Gasteiger partial charge >= 0.3 is 5.97 Å². The van der Waals surface area contributed by atoms with Crippen LogP contribution in [0.15, 0.2) is 54.6 Å². The van der Waals surface area contributed by atoms with E-state index in [0.717, 1.165) is 5.56 Å². The molecule has 0 aliphatic heterocycles. The van der Waals surface area contributed by atoms with Crippen LogP contribution < -0.4 is 5.73 Å². The van der Waals surface area contributed by atoms with E-state index in [2.05, 4.69) is 0 Å². The second kappa shape index (κ2) is 6.65. The number of hydrogen-bond donors (Lipinski definition) is 1. The highest BCUT2D eigenvalue weighted by atomic mass is 19.1. The monoisotopic (exact) mass is 287 g/mol. The number of primary amides is 1. The topological polar surface area (TPSA) is 69.4 Å². The molecule has 0 saturated carbocycles.